The molecule has 5 nitrogen and oxygen atoms in total. The summed E-state index contributed by atoms with van der Waals surface area (Å²) in [5, 5.41) is 3.60. The van der Waals surface area contributed by atoms with Gasteiger partial charge in [0.15, 0.2) is 0 Å². The molecule has 2 bridgehead atoms. The summed E-state index contributed by atoms with van der Waals surface area (Å²) in [7, 11) is 0. The summed E-state index contributed by atoms with van der Waals surface area (Å²) in [5.41, 5.74) is 0. The number of hydrogen-bond acceptors (Lipinski definition) is 4. The van der Waals surface area contributed by atoms with Gasteiger partial charge in [0.2, 0.25) is 5.91 Å². The number of likely N-dealkylation sites (tertiary alicyclic amines) is 1. The maximum absolute atomic E-state index is 13.0. The fraction of sp³-hybridized carbons (Fsp3) is 0.944. The summed E-state index contributed by atoms with van der Waals surface area (Å²) in [6, 6.07) is 1.23. The second-order valence-electron chi connectivity index (χ2n) is 7.95. The lowest BCUT2D eigenvalue weighted by Crippen LogP contribution is -2.48. The molecule has 0 spiro atoms. The van der Waals surface area contributed by atoms with Crippen molar-refractivity contribution in [2.45, 2.75) is 50.6 Å². The quantitative estimate of drug-likeness (QED) is 0.827. The summed E-state index contributed by atoms with van der Waals surface area (Å²) >= 11 is 0. The van der Waals surface area contributed by atoms with E-state index < -0.39 is 0 Å². The predicted octanol–water partition coefficient (Wildman–Crippen LogP) is 1.09. The number of hydrogen-bond donors (Lipinski definition) is 1. The van der Waals surface area contributed by atoms with Crippen molar-refractivity contribution in [2.75, 3.05) is 45.9 Å². The standard InChI is InChI=1S/C18H31N3O2/c22-18(21-12-14-1-2-16(13-21)19-11-14)15-3-7-20(8-4-15)17-5-9-23-10-6-17/h14-17,19H,1-13H2/t14-,16-/m0/s1. The van der Waals surface area contributed by atoms with Crippen molar-refractivity contribution in [3.63, 3.8) is 0 Å². The Hall–Kier alpha value is -0.650. The molecular weight excluding hydrogens is 290 g/mol. The van der Waals surface area contributed by atoms with Crippen molar-refractivity contribution >= 4 is 5.91 Å². The number of piperidine rings is 2. The van der Waals surface area contributed by atoms with Crippen LogP contribution in [0.2, 0.25) is 0 Å². The zero-order chi connectivity index (χ0) is 15.6. The molecule has 5 heterocycles. The number of rotatable bonds is 2. The average Bonchev–Trinajstić information content (AvgIpc) is 2.96. The minimum Gasteiger partial charge on any atom is -0.381 e. The molecule has 5 aliphatic heterocycles. The van der Waals surface area contributed by atoms with Gasteiger partial charge in [0.05, 0.1) is 0 Å². The summed E-state index contributed by atoms with van der Waals surface area (Å²) in [4.78, 5) is 17.8. The van der Waals surface area contributed by atoms with Crippen molar-refractivity contribution in [2.24, 2.45) is 11.8 Å². The molecule has 0 aromatic carbocycles. The van der Waals surface area contributed by atoms with Gasteiger partial charge in [0.25, 0.3) is 0 Å². The maximum Gasteiger partial charge on any atom is 0.225 e. The van der Waals surface area contributed by atoms with Crippen LogP contribution in [0.5, 0.6) is 0 Å². The van der Waals surface area contributed by atoms with Crippen molar-refractivity contribution < 1.29 is 9.53 Å². The third kappa shape index (κ3) is 3.57. The van der Waals surface area contributed by atoms with Gasteiger partial charge in [0.1, 0.15) is 0 Å². The van der Waals surface area contributed by atoms with Crippen LogP contribution in [0.25, 0.3) is 0 Å². The number of nitrogens with zero attached hydrogens (tertiary/aromatic N) is 2. The van der Waals surface area contributed by atoms with Crippen LogP contribution in [0, 0.1) is 11.8 Å². The van der Waals surface area contributed by atoms with Gasteiger partial charge in [-0.15, -0.1) is 0 Å². The lowest BCUT2D eigenvalue weighted by atomic mass is 9.92. The molecule has 0 aromatic heterocycles. The van der Waals surface area contributed by atoms with E-state index in [-0.39, 0.29) is 5.92 Å². The third-order valence-electron chi connectivity index (χ3n) is 6.44. The Morgan fingerprint density at radius 2 is 1.74 bits per heavy atom. The second-order valence-corrected chi connectivity index (χ2v) is 7.95. The smallest absolute Gasteiger partial charge is 0.225 e. The van der Waals surface area contributed by atoms with E-state index in [1.807, 2.05) is 0 Å². The Balaban J connectivity index is 1.30. The molecule has 5 saturated heterocycles. The van der Waals surface area contributed by atoms with Gasteiger partial charge in [-0.2, -0.15) is 0 Å². The van der Waals surface area contributed by atoms with E-state index >= 15 is 0 Å². The zero-order valence-corrected chi connectivity index (χ0v) is 14.2. The molecule has 0 aromatic rings. The van der Waals surface area contributed by atoms with Crippen LogP contribution in [0.15, 0.2) is 0 Å². The minimum absolute atomic E-state index is 0.267. The normalized spacial score (nSPS) is 34.5. The number of carbonyl (C=O) groups is 1. The molecule has 130 valence electrons. The summed E-state index contributed by atoms with van der Waals surface area (Å²) in [6.07, 6.45) is 6.98. The van der Waals surface area contributed by atoms with Crippen LogP contribution >= 0.6 is 0 Å². The van der Waals surface area contributed by atoms with Gasteiger partial charge < -0.3 is 19.9 Å². The van der Waals surface area contributed by atoms with Gasteiger partial charge in [-0.05, 0) is 64.1 Å². The molecule has 2 atom stereocenters. The first-order chi connectivity index (χ1) is 11.3. The molecular formula is C18H31N3O2. The Morgan fingerprint density at radius 3 is 2.43 bits per heavy atom. The second kappa shape index (κ2) is 7.08. The van der Waals surface area contributed by atoms with E-state index in [1.54, 1.807) is 0 Å². The van der Waals surface area contributed by atoms with Gasteiger partial charge >= 0.3 is 0 Å². The van der Waals surface area contributed by atoms with Crippen LogP contribution in [-0.2, 0) is 9.53 Å². The van der Waals surface area contributed by atoms with Crippen LogP contribution in [0.1, 0.15) is 38.5 Å². The Labute approximate surface area is 139 Å². The van der Waals surface area contributed by atoms with E-state index in [0.29, 0.717) is 23.9 Å². The van der Waals surface area contributed by atoms with Crippen molar-refractivity contribution in [1.29, 1.82) is 0 Å². The highest BCUT2D eigenvalue weighted by Gasteiger charge is 2.36. The van der Waals surface area contributed by atoms with Crippen LogP contribution in [0.4, 0.5) is 0 Å². The molecule has 23 heavy (non-hydrogen) atoms. The van der Waals surface area contributed by atoms with E-state index in [9.17, 15) is 4.79 Å². The lowest BCUT2D eigenvalue weighted by Gasteiger charge is -2.39. The molecule has 0 saturated carbocycles. The SMILES string of the molecule is O=C(C1CCN(C2CCOCC2)CC1)N1C[C@H]2CC[C@@H](C1)NC2. The molecule has 5 heteroatoms. The Kier molecular flexibility index (Phi) is 4.88. The van der Waals surface area contributed by atoms with E-state index in [2.05, 4.69) is 15.1 Å². The molecule has 5 fully saturated rings. The third-order valence-corrected chi connectivity index (χ3v) is 6.44. The van der Waals surface area contributed by atoms with Crippen LogP contribution in [0.3, 0.4) is 0 Å². The van der Waals surface area contributed by atoms with Crippen molar-refractivity contribution in [3.05, 3.63) is 0 Å². The van der Waals surface area contributed by atoms with Crippen LogP contribution in [-0.4, -0.2) is 73.7 Å². The first-order valence-corrected chi connectivity index (χ1v) is 9.63. The lowest BCUT2D eigenvalue weighted by molar-refractivity contribution is -0.137. The van der Waals surface area contributed by atoms with E-state index in [4.69, 9.17) is 4.74 Å². The maximum atomic E-state index is 13.0. The Morgan fingerprint density at radius 1 is 0.957 bits per heavy atom. The molecule has 1 N–H and O–H groups in total. The number of carbonyl (C=O) groups excluding carboxylic acids is 1. The average molecular weight is 321 g/mol. The highest BCUT2D eigenvalue weighted by atomic mass is 16.5. The zero-order valence-electron chi connectivity index (χ0n) is 14.2. The topological polar surface area (TPSA) is 44.8 Å². The van der Waals surface area contributed by atoms with Gasteiger partial charge in [0, 0.05) is 44.3 Å². The molecule has 5 rings (SSSR count). The predicted molar refractivity (Wildman–Crippen MR) is 89.2 cm³/mol. The summed E-state index contributed by atoms with van der Waals surface area (Å²) in [5.74, 6) is 1.39. The highest BCUT2D eigenvalue weighted by molar-refractivity contribution is 5.79. The van der Waals surface area contributed by atoms with Crippen LogP contribution < -0.4 is 5.32 Å². The van der Waals surface area contributed by atoms with Gasteiger partial charge in [-0.1, -0.05) is 0 Å². The number of ether oxygens (including phenoxy) is 1. The van der Waals surface area contributed by atoms with Crippen molar-refractivity contribution in [3.8, 4) is 0 Å². The van der Waals surface area contributed by atoms with Gasteiger partial charge in [-0.25, -0.2) is 0 Å². The number of fused-ring (bicyclic) bond motifs is 4. The minimum atomic E-state index is 0.267. The number of amides is 1. The molecule has 0 radical (unpaired) electrons. The Bertz CT molecular complexity index is 394. The van der Waals surface area contributed by atoms with E-state index in [1.165, 1.54) is 25.7 Å². The van der Waals surface area contributed by atoms with Crippen molar-refractivity contribution in [1.82, 2.24) is 15.1 Å². The fourth-order valence-corrected chi connectivity index (χ4v) is 4.94. The number of nitrogens with one attached hydrogen (secondary N) is 1. The first-order valence-electron chi connectivity index (χ1n) is 9.63. The summed E-state index contributed by atoms with van der Waals surface area (Å²) in [6.45, 7) is 7.05. The van der Waals surface area contributed by atoms with E-state index in [0.717, 1.165) is 58.8 Å². The van der Waals surface area contributed by atoms with Gasteiger partial charge in [-0.3, -0.25) is 4.79 Å². The molecule has 0 unspecified atom stereocenters. The fourth-order valence-electron chi connectivity index (χ4n) is 4.94. The largest absolute Gasteiger partial charge is 0.381 e. The summed E-state index contributed by atoms with van der Waals surface area (Å²) < 4.78 is 5.47. The molecule has 5 aliphatic rings. The molecule has 1 amide bonds. The molecule has 0 aliphatic carbocycles. The first kappa shape index (κ1) is 15.9. The highest BCUT2D eigenvalue weighted by Crippen LogP contribution is 2.27. The monoisotopic (exact) mass is 321 g/mol.